The Morgan fingerprint density at radius 1 is 1.05 bits per heavy atom. The van der Waals surface area contributed by atoms with E-state index >= 15 is 4.39 Å². The minimum atomic E-state index is -2.08. The summed E-state index contributed by atoms with van der Waals surface area (Å²) in [6.07, 6.45) is -3.34. The Balaban J connectivity index is 3.06. The standard InChI is InChI=1S/C30H51FO7Si/c1-20(21(2)38-39(10,11)30(6,7)8)18-24(31)27(37-19-22-12-14-23(35-9)15-13-22)26(33)25(32)16-17-36-28(34)29(3,4)5/h12-15,18,20-21,25-27,32-33H,16-17,19H2,1-11H3/b24-18+/t20-,21?,25+,26+,27-/m1/s1. The minimum absolute atomic E-state index is 0.00309. The van der Waals surface area contributed by atoms with Gasteiger partial charge in [-0.2, -0.15) is 0 Å². The van der Waals surface area contributed by atoms with Gasteiger partial charge in [-0.05, 0) is 69.6 Å². The van der Waals surface area contributed by atoms with E-state index in [0.717, 1.165) is 5.56 Å². The predicted octanol–water partition coefficient (Wildman–Crippen LogP) is 6.18. The molecule has 0 fully saturated rings. The number of benzene rings is 1. The molecule has 1 rings (SSSR count). The van der Waals surface area contributed by atoms with Gasteiger partial charge in [-0.1, -0.05) is 39.8 Å². The molecule has 1 aromatic rings. The quantitative estimate of drug-likeness (QED) is 0.204. The fourth-order valence-electron chi connectivity index (χ4n) is 3.34. The van der Waals surface area contributed by atoms with Gasteiger partial charge in [0.15, 0.2) is 8.32 Å². The van der Waals surface area contributed by atoms with E-state index in [4.69, 9.17) is 18.6 Å². The van der Waals surface area contributed by atoms with Crippen molar-refractivity contribution in [3.05, 3.63) is 41.7 Å². The van der Waals surface area contributed by atoms with Gasteiger partial charge in [0.25, 0.3) is 0 Å². The Kier molecular flexibility index (Phi) is 13.3. The van der Waals surface area contributed by atoms with Crippen molar-refractivity contribution in [3.8, 4) is 5.75 Å². The highest BCUT2D eigenvalue weighted by Crippen LogP contribution is 2.38. The largest absolute Gasteiger partial charge is 0.497 e. The van der Waals surface area contributed by atoms with Crippen molar-refractivity contribution in [3.63, 3.8) is 0 Å². The molecule has 224 valence electrons. The maximum Gasteiger partial charge on any atom is 0.311 e. The highest BCUT2D eigenvalue weighted by Gasteiger charge is 2.39. The Bertz CT molecular complexity index is 919. The maximum absolute atomic E-state index is 15.7. The van der Waals surface area contributed by atoms with Crippen LogP contribution in [0.3, 0.4) is 0 Å². The second-order valence-electron chi connectivity index (χ2n) is 12.8. The monoisotopic (exact) mass is 570 g/mol. The van der Waals surface area contributed by atoms with Crippen LogP contribution in [0.1, 0.15) is 67.4 Å². The molecule has 0 aliphatic heterocycles. The lowest BCUT2D eigenvalue weighted by atomic mass is 9.97. The first-order valence-electron chi connectivity index (χ1n) is 13.6. The first-order valence-corrected chi connectivity index (χ1v) is 16.5. The normalized spacial score (nSPS) is 17.2. The number of carbonyl (C=O) groups excluding carboxylic acids is 1. The SMILES string of the molecule is COc1ccc(CO[C@H](/C(F)=C\[C@@H](C)C(C)O[Si](C)(C)C(C)(C)C)[C@@H](O)[C@@H](O)CCOC(=O)C(C)(C)C)cc1. The van der Waals surface area contributed by atoms with Crippen LogP contribution in [0.4, 0.5) is 4.39 Å². The van der Waals surface area contributed by atoms with E-state index in [2.05, 4.69) is 33.9 Å². The number of hydrogen-bond donors (Lipinski definition) is 2. The molecule has 0 heterocycles. The molecule has 7 nitrogen and oxygen atoms in total. The zero-order valence-electron chi connectivity index (χ0n) is 25.7. The summed E-state index contributed by atoms with van der Waals surface area (Å²) in [5, 5.41) is 21.6. The van der Waals surface area contributed by atoms with Gasteiger partial charge in [0.1, 0.15) is 23.8 Å². The van der Waals surface area contributed by atoms with Crippen LogP contribution in [0.15, 0.2) is 36.2 Å². The van der Waals surface area contributed by atoms with Gasteiger partial charge >= 0.3 is 5.97 Å². The summed E-state index contributed by atoms with van der Waals surface area (Å²) in [5.74, 6) is -0.762. The van der Waals surface area contributed by atoms with Crippen molar-refractivity contribution in [2.45, 2.75) is 111 Å². The first-order chi connectivity index (χ1) is 17.8. The van der Waals surface area contributed by atoms with Crippen molar-refractivity contribution in [1.82, 2.24) is 0 Å². The maximum atomic E-state index is 15.7. The van der Waals surface area contributed by atoms with Crippen LogP contribution < -0.4 is 4.74 Å². The number of methoxy groups -OCH3 is 1. The van der Waals surface area contributed by atoms with Crippen LogP contribution in [0.2, 0.25) is 18.1 Å². The lowest BCUT2D eigenvalue weighted by Crippen LogP contribution is -2.44. The van der Waals surface area contributed by atoms with E-state index in [-0.39, 0.29) is 36.7 Å². The average Bonchev–Trinajstić information content (AvgIpc) is 2.82. The molecule has 2 N–H and O–H groups in total. The lowest BCUT2D eigenvalue weighted by Gasteiger charge is -2.39. The van der Waals surface area contributed by atoms with E-state index in [1.807, 2.05) is 13.8 Å². The topological polar surface area (TPSA) is 94.5 Å². The van der Waals surface area contributed by atoms with Crippen LogP contribution in [-0.2, 0) is 25.3 Å². The molecule has 0 aliphatic carbocycles. The molecule has 39 heavy (non-hydrogen) atoms. The highest BCUT2D eigenvalue weighted by molar-refractivity contribution is 6.74. The van der Waals surface area contributed by atoms with E-state index in [0.29, 0.717) is 5.75 Å². The Hall–Kier alpha value is -1.78. The molecule has 0 saturated heterocycles. The summed E-state index contributed by atoms with van der Waals surface area (Å²) >= 11 is 0. The van der Waals surface area contributed by atoms with Crippen LogP contribution in [0, 0.1) is 11.3 Å². The highest BCUT2D eigenvalue weighted by atomic mass is 28.4. The second-order valence-corrected chi connectivity index (χ2v) is 17.6. The number of hydrogen-bond acceptors (Lipinski definition) is 7. The van der Waals surface area contributed by atoms with Crippen LogP contribution in [0.25, 0.3) is 0 Å². The summed E-state index contributed by atoms with van der Waals surface area (Å²) in [7, 11) is -0.513. The third-order valence-electron chi connectivity index (χ3n) is 7.27. The van der Waals surface area contributed by atoms with Crippen molar-refractivity contribution >= 4 is 14.3 Å². The molecule has 1 aromatic carbocycles. The number of halogens is 1. The van der Waals surface area contributed by atoms with Gasteiger partial charge < -0.3 is 28.8 Å². The van der Waals surface area contributed by atoms with Gasteiger partial charge in [-0.15, -0.1) is 0 Å². The molecule has 5 atom stereocenters. The molecule has 0 radical (unpaired) electrons. The third kappa shape index (κ3) is 11.3. The van der Waals surface area contributed by atoms with Gasteiger partial charge in [0.2, 0.25) is 0 Å². The Morgan fingerprint density at radius 2 is 1.62 bits per heavy atom. The van der Waals surface area contributed by atoms with Gasteiger partial charge in [0, 0.05) is 18.4 Å². The number of aliphatic hydroxyl groups excluding tert-OH is 2. The fourth-order valence-corrected chi connectivity index (χ4v) is 4.84. The number of ether oxygens (including phenoxy) is 3. The van der Waals surface area contributed by atoms with E-state index in [1.165, 1.54) is 6.08 Å². The van der Waals surface area contributed by atoms with E-state index < -0.39 is 43.8 Å². The molecule has 1 unspecified atom stereocenters. The van der Waals surface area contributed by atoms with Crippen molar-refractivity contribution in [1.29, 1.82) is 0 Å². The second kappa shape index (κ2) is 14.7. The zero-order chi connectivity index (χ0) is 30.2. The molecule has 0 aliphatic rings. The number of aliphatic hydroxyl groups is 2. The summed E-state index contributed by atoms with van der Waals surface area (Å²) < 4.78 is 38.3. The minimum Gasteiger partial charge on any atom is -0.497 e. The van der Waals surface area contributed by atoms with Crippen molar-refractivity contribution < 1.29 is 38.0 Å². The molecule has 0 saturated carbocycles. The number of rotatable bonds is 14. The third-order valence-corrected chi connectivity index (χ3v) is 11.8. The van der Waals surface area contributed by atoms with Crippen molar-refractivity contribution in [2.75, 3.05) is 13.7 Å². The Morgan fingerprint density at radius 3 is 2.10 bits per heavy atom. The van der Waals surface area contributed by atoms with Crippen LogP contribution >= 0.6 is 0 Å². The van der Waals surface area contributed by atoms with Crippen LogP contribution in [0.5, 0.6) is 5.75 Å². The molecule has 0 spiro atoms. The molecule has 9 heteroatoms. The summed E-state index contributed by atoms with van der Waals surface area (Å²) in [6.45, 7) is 19.5. The molecular formula is C30H51FO7Si. The lowest BCUT2D eigenvalue weighted by molar-refractivity contribution is -0.154. The van der Waals surface area contributed by atoms with E-state index in [9.17, 15) is 15.0 Å². The smallest absolute Gasteiger partial charge is 0.311 e. The number of esters is 1. The Labute approximate surface area is 235 Å². The summed E-state index contributed by atoms with van der Waals surface area (Å²) in [5.41, 5.74) is 0.0546. The van der Waals surface area contributed by atoms with Gasteiger partial charge in [-0.25, -0.2) is 4.39 Å². The van der Waals surface area contributed by atoms with Gasteiger partial charge in [0.05, 0.1) is 31.8 Å². The number of carbonyl (C=O) groups is 1. The average molecular weight is 571 g/mol. The fraction of sp³-hybridized carbons (Fsp3) is 0.700. The molecule has 0 aromatic heterocycles. The van der Waals surface area contributed by atoms with Crippen molar-refractivity contribution in [2.24, 2.45) is 11.3 Å². The molecule has 0 bridgehead atoms. The first kappa shape index (κ1) is 35.2. The van der Waals surface area contributed by atoms with Gasteiger partial charge in [-0.3, -0.25) is 4.79 Å². The molecule has 0 amide bonds. The summed E-state index contributed by atoms with van der Waals surface area (Å²) in [6, 6.07) is 7.08. The van der Waals surface area contributed by atoms with Crippen LogP contribution in [-0.4, -0.2) is 62.6 Å². The summed E-state index contributed by atoms with van der Waals surface area (Å²) in [4.78, 5) is 12.0. The molecular weight excluding hydrogens is 519 g/mol. The zero-order valence-corrected chi connectivity index (χ0v) is 26.7. The van der Waals surface area contributed by atoms with E-state index in [1.54, 1.807) is 52.1 Å². The predicted molar refractivity (Wildman–Crippen MR) is 155 cm³/mol.